The number of carboxylic acids is 1. The monoisotopic (exact) mass is 362 g/mol. The standard InChI is InChI=1S/C24H26O3/c25-24(26)16-4-2-1-3-9-19-10-7-14-22(17-19)27-18-21-13-8-12-20-11-5-6-15-23(20)21/h5-8,10-15,17H,1-4,9,16,18H2,(H,25,26). The Morgan fingerprint density at radius 3 is 2.52 bits per heavy atom. The summed E-state index contributed by atoms with van der Waals surface area (Å²) in [7, 11) is 0. The molecule has 0 bridgehead atoms. The summed E-state index contributed by atoms with van der Waals surface area (Å²) in [5.41, 5.74) is 2.46. The molecule has 0 fully saturated rings. The van der Waals surface area contributed by atoms with E-state index in [1.54, 1.807) is 0 Å². The Morgan fingerprint density at radius 1 is 0.852 bits per heavy atom. The van der Waals surface area contributed by atoms with E-state index in [1.807, 2.05) is 12.1 Å². The number of rotatable bonds is 10. The van der Waals surface area contributed by atoms with Crippen LogP contribution in [0.15, 0.2) is 66.7 Å². The zero-order valence-corrected chi connectivity index (χ0v) is 15.6. The van der Waals surface area contributed by atoms with Crippen LogP contribution in [0.3, 0.4) is 0 Å². The number of ether oxygens (including phenoxy) is 1. The molecular weight excluding hydrogens is 336 g/mol. The fourth-order valence-electron chi connectivity index (χ4n) is 3.33. The summed E-state index contributed by atoms with van der Waals surface area (Å²) in [6.45, 7) is 0.556. The Balaban J connectivity index is 1.51. The first-order chi connectivity index (χ1) is 13.2. The summed E-state index contributed by atoms with van der Waals surface area (Å²) < 4.78 is 6.05. The summed E-state index contributed by atoms with van der Waals surface area (Å²) in [5, 5.41) is 11.1. The van der Waals surface area contributed by atoms with Gasteiger partial charge in [0.05, 0.1) is 0 Å². The minimum Gasteiger partial charge on any atom is -0.489 e. The third kappa shape index (κ3) is 5.85. The lowest BCUT2D eigenvalue weighted by atomic mass is 10.0. The second-order valence-electron chi connectivity index (χ2n) is 6.88. The van der Waals surface area contributed by atoms with Crippen LogP contribution in [0.2, 0.25) is 0 Å². The summed E-state index contributed by atoms with van der Waals surface area (Å²) in [5.74, 6) is 0.192. The largest absolute Gasteiger partial charge is 0.489 e. The second-order valence-corrected chi connectivity index (χ2v) is 6.88. The highest BCUT2D eigenvalue weighted by atomic mass is 16.5. The Morgan fingerprint density at radius 2 is 1.63 bits per heavy atom. The third-order valence-corrected chi connectivity index (χ3v) is 4.78. The quantitative estimate of drug-likeness (QED) is 0.450. The Kier molecular flexibility index (Phi) is 6.86. The minimum atomic E-state index is -0.703. The molecule has 0 aliphatic rings. The van der Waals surface area contributed by atoms with E-state index < -0.39 is 5.97 Å². The van der Waals surface area contributed by atoms with E-state index in [1.165, 1.54) is 21.9 Å². The molecule has 0 aromatic heterocycles. The highest BCUT2D eigenvalue weighted by Gasteiger charge is 2.03. The molecule has 1 N–H and O–H groups in total. The van der Waals surface area contributed by atoms with Gasteiger partial charge in [0, 0.05) is 6.42 Å². The van der Waals surface area contributed by atoms with Crippen molar-refractivity contribution in [1.82, 2.24) is 0 Å². The van der Waals surface area contributed by atoms with Crippen molar-refractivity contribution >= 4 is 16.7 Å². The predicted molar refractivity (Wildman–Crippen MR) is 109 cm³/mol. The highest BCUT2D eigenvalue weighted by Crippen LogP contribution is 2.22. The predicted octanol–water partition coefficient (Wildman–Crippen LogP) is 6.00. The summed E-state index contributed by atoms with van der Waals surface area (Å²) in [6.07, 6.45) is 5.16. The van der Waals surface area contributed by atoms with E-state index in [9.17, 15) is 4.79 Å². The molecule has 140 valence electrons. The lowest BCUT2D eigenvalue weighted by Gasteiger charge is -2.10. The number of carbonyl (C=O) groups is 1. The van der Waals surface area contributed by atoms with Crippen molar-refractivity contribution in [1.29, 1.82) is 0 Å². The number of benzene rings is 3. The van der Waals surface area contributed by atoms with Gasteiger partial charge in [-0.2, -0.15) is 0 Å². The number of fused-ring (bicyclic) bond motifs is 1. The fourth-order valence-corrected chi connectivity index (χ4v) is 3.33. The van der Waals surface area contributed by atoms with E-state index in [0.29, 0.717) is 6.61 Å². The van der Waals surface area contributed by atoms with E-state index in [0.717, 1.165) is 37.9 Å². The molecule has 0 unspecified atom stereocenters. The first-order valence-electron chi connectivity index (χ1n) is 9.62. The van der Waals surface area contributed by atoms with Crippen LogP contribution in [0.1, 0.15) is 43.2 Å². The molecule has 3 nitrogen and oxygen atoms in total. The Bertz CT molecular complexity index is 880. The molecule has 0 radical (unpaired) electrons. The van der Waals surface area contributed by atoms with Crippen molar-refractivity contribution in [2.24, 2.45) is 0 Å². The number of carboxylic acid groups (broad SMARTS) is 1. The average molecular weight is 362 g/mol. The lowest BCUT2D eigenvalue weighted by molar-refractivity contribution is -0.137. The normalized spacial score (nSPS) is 10.8. The van der Waals surface area contributed by atoms with Crippen molar-refractivity contribution in [3.63, 3.8) is 0 Å². The van der Waals surface area contributed by atoms with E-state index in [2.05, 4.69) is 54.6 Å². The second kappa shape index (κ2) is 9.77. The molecule has 0 heterocycles. The number of hydrogen-bond acceptors (Lipinski definition) is 2. The van der Waals surface area contributed by atoms with Crippen molar-refractivity contribution < 1.29 is 14.6 Å². The van der Waals surface area contributed by atoms with E-state index in [-0.39, 0.29) is 6.42 Å². The summed E-state index contributed by atoms with van der Waals surface area (Å²) in [6, 6.07) is 23.0. The fraction of sp³-hybridized carbons (Fsp3) is 0.292. The van der Waals surface area contributed by atoms with Crippen molar-refractivity contribution in [2.75, 3.05) is 0 Å². The maximum atomic E-state index is 10.5. The maximum absolute atomic E-state index is 10.5. The van der Waals surface area contributed by atoms with Gasteiger partial charge in [0.25, 0.3) is 0 Å². The summed E-state index contributed by atoms with van der Waals surface area (Å²) >= 11 is 0. The first-order valence-corrected chi connectivity index (χ1v) is 9.62. The van der Waals surface area contributed by atoms with Gasteiger partial charge in [-0.05, 0) is 53.3 Å². The molecule has 0 saturated carbocycles. The van der Waals surface area contributed by atoms with Gasteiger partial charge in [0.15, 0.2) is 0 Å². The zero-order chi connectivity index (χ0) is 18.9. The maximum Gasteiger partial charge on any atom is 0.303 e. The molecule has 0 amide bonds. The summed E-state index contributed by atoms with van der Waals surface area (Å²) in [4.78, 5) is 10.5. The molecule has 3 aromatic carbocycles. The van der Waals surface area contributed by atoms with Crippen LogP contribution in [0, 0.1) is 0 Å². The molecule has 0 atom stereocenters. The topological polar surface area (TPSA) is 46.5 Å². The first kappa shape index (κ1) is 19.0. The molecule has 0 spiro atoms. The van der Waals surface area contributed by atoms with Gasteiger partial charge in [-0.1, -0.05) is 67.4 Å². The number of aryl methyl sites for hydroxylation is 1. The molecule has 3 aromatic rings. The van der Waals surface area contributed by atoms with Crippen molar-refractivity contribution in [2.45, 2.75) is 45.1 Å². The SMILES string of the molecule is O=C(O)CCCCCCc1cccc(OCc2cccc3ccccc23)c1. The van der Waals surface area contributed by atoms with Crippen LogP contribution in [0.25, 0.3) is 10.8 Å². The molecule has 3 rings (SSSR count). The van der Waals surface area contributed by atoms with Crippen LogP contribution in [-0.2, 0) is 17.8 Å². The van der Waals surface area contributed by atoms with Crippen LogP contribution < -0.4 is 4.74 Å². The molecule has 3 heteroatoms. The lowest BCUT2D eigenvalue weighted by Crippen LogP contribution is -1.97. The van der Waals surface area contributed by atoms with Gasteiger partial charge in [-0.3, -0.25) is 4.79 Å². The number of hydrogen-bond donors (Lipinski definition) is 1. The van der Waals surface area contributed by atoms with E-state index >= 15 is 0 Å². The molecular formula is C24H26O3. The van der Waals surface area contributed by atoms with Crippen LogP contribution in [-0.4, -0.2) is 11.1 Å². The number of aliphatic carboxylic acids is 1. The van der Waals surface area contributed by atoms with Gasteiger partial charge in [0.2, 0.25) is 0 Å². The smallest absolute Gasteiger partial charge is 0.303 e. The zero-order valence-electron chi connectivity index (χ0n) is 15.6. The van der Waals surface area contributed by atoms with E-state index in [4.69, 9.17) is 9.84 Å². The Labute approximate surface area is 160 Å². The third-order valence-electron chi connectivity index (χ3n) is 4.78. The van der Waals surface area contributed by atoms with Crippen LogP contribution in [0.4, 0.5) is 0 Å². The van der Waals surface area contributed by atoms with Crippen molar-refractivity contribution in [3.8, 4) is 5.75 Å². The van der Waals surface area contributed by atoms with Crippen LogP contribution in [0.5, 0.6) is 5.75 Å². The number of unbranched alkanes of at least 4 members (excludes halogenated alkanes) is 3. The highest BCUT2D eigenvalue weighted by molar-refractivity contribution is 5.85. The van der Waals surface area contributed by atoms with Gasteiger partial charge in [-0.25, -0.2) is 0 Å². The average Bonchev–Trinajstić information content (AvgIpc) is 2.69. The van der Waals surface area contributed by atoms with Crippen LogP contribution >= 0.6 is 0 Å². The minimum absolute atomic E-state index is 0.275. The Hall–Kier alpha value is -2.81. The van der Waals surface area contributed by atoms with Crippen molar-refractivity contribution in [3.05, 3.63) is 77.9 Å². The molecule has 0 aliphatic carbocycles. The van der Waals surface area contributed by atoms with Gasteiger partial charge < -0.3 is 9.84 Å². The van der Waals surface area contributed by atoms with Gasteiger partial charge in [0.1, 0.15) is 12.4 Å². The van der Waals surface area contributed by atoms with Gasteiger partial charge in [-0.15, -0.1) is 0 Å². The molecule has 0 saturated heterocycles. The molecule has 0 aliphatic heterocycles. The molecule has 27 heavy (non-hydrogen) atoms. The van der Waals surface area contributed by atoms with Gasteiger partial charge >= 0.3 is 5.97 Å².